The molecule has 0 atom stereocenters. The number of amides is 1. The van der Waals surface area contributed by atoms with Gasteiger partial charge in [0.05, 0.1) is 5.69 Å². The molecule has 8 heteroatoms. The van der Waals surface area contributed by atoms with E-state index in [4.69, 9.17) is 0 Å². The maximum absolute atomic E-state index is 12.9. The number of carbonyl (C=O) groups is 1. The predicted molar refractivity (Wildman–Crippen MR) is 146 cm³/mol. The number of anilines is 3. The van der Waals surface area contributed by atoms with Crippen molar-refractivity contribution in [3.05, 3.63) is 108 Å². The molecular formula is C29H29N7O. The second kappa shape index (κ2) is 10.9. The van der Waals surface area contributed by atoms with E-state index in [1.807, 2.05) is 67.6 Å². The van der Waals surface area contributed by atoms with E-state index >= 15 is 0 Å². The third-order valence-electron chi connectivity index (χ3n) is 6.23. The van der Waals surface area contributed by atoms with Crippen molar-refractivity contribution in [3.8, 4) is 11.3 Å². The second-order valence-corrected chi connectivity index (χ2v) is 9.06. The third-order valence-corrected chi connectivity index (χ3v) is 6.23. The smallest absolute Gasteiger partial charge is 0.255 e. The van der Waals surface area contributed by atoms with Gasteiger partial charge in [0.2, 0.25) is 5.95 Å². The first-order chi connectivity index (χ1) is 18.0. The lowest BCUT2D eigenvalue weighted by molar-refractivity contribution is 0.102. The van der Waals surface area contributed by atoms with Gasteiger partial charge in [-0.1, -0.05) is 18.2 Å². The normalized spacial score (nSPS) is 12.9. The first-order valence-corrected chi connectivity index (χ1v) is 12.2. The van der Waals surface area contributed by atoms with Crippen LogP contribution in [0, 0.1) is 6.92 Å². The highest BCUT2D eigenvalue weighted by atomic mass is 16.1. The summed E-state index contributed by atoms with van der Waals surface area (Å²) in [4.78, 5) is 30.5. The zero-order valence-corrected chi connectivity index (χ0v) is 20.9. The highest BCUT2D eigenvalue weighted by Crippen LogP contribution is 2.24. The molecular weight excluding hydrogens is 462 g/mol. The van der Waals surface area contributed by atoms with Gasteiger partial charge in [0.15, 0.2) is 0 Å². The molecule has 0 saturated carbocycles. The molecule has 0 bridgehead atoms. The van der Waals surface area contributed by atoms with E-state index in [1.54, 1.807) is 18.6 Å². The van der Waals surface area contributed by atoms with Gasteiger partial charge in [-0.05, 0) is 60.5 Å². The van der Waals surface area contributed by atoms with Crippen LogP contribution in [-0.2, 0) is 6.54 Å². The number of benzene rings is 2. The van der Waals surface area contributed by atoms with E-state index in [2.05, 4.69) is 54.8 Å². The molecule has 2 aromatic heterocycles. The van der Waals surface area contributed by atoms with Gasteiger partial charge in [-0.2, -0.15) is 0 Å². The number of aryl methyl sites for hydroxylation is 1. The Balaban J connectivity index is 1.25. The minimum atomic E-state index is -0.157. The molecule has 1 amide bonds. The molecule has 2 N–H and O–H groups in total. The number of rotatable bonds is 7. The van der Waals surface area contributed by atoms with E-state index in [1.165, 1.54) is 5.56 Å². The van der Waals surface area contributed by atoms with Crippen molar-refractivity contribution in [2.45, 2.75) is 13.5 Å². The molecule has 0 spiro atoms. The van der Waals surface area contributed by atoms with Crippen LogP contribution in [0.2, 0.25) is 0 Å². The summed E-state index contributed by atoms with van der Waals surface area (Å²) in [6.45, 7) is 4.81. The number of pyridine rings is 1. The predicted octanol–water partition coefficient (Wildman–Crippen LogP) is 5.06. The van der Waals surface area contributed by atoms with Gasteiger partial charge in [0.1, 0.15) is 0 Å². The van der Waals surface area contributed by atoms with E-state index < -0.39 is 0 Å². The number of likely N-dealkylation sites (N-methyl/N-ethyl adjacent to an activating group) is 1. The lowest BCUT2D eigenvalue weighted by atomic mass is 10.1. The molecule has 0 fully saturated rings. The van der Waals surface area contributed by atoms with Crippen molar-refractivity contribution in [2.24, 2.45) is 0 Å². The molecule has 0 saturated heterocycles. The van der Waals surface area contributed by atoms with Gasteiger partial charge >= 0.3 is 0 Å². The highest BCUT2D eigenvalue weighted by Gasteiger charge is 2.11. The molecule has 3 heterocycles. The molecule has 1 aliphatic heterocycles. The average molecular weight is 492 g/mol. The summed E-state index contributed by atoms with van der Waals surface area (Å²) in [7, 11) is 2.07. The standard InChI is InChI=1S/C29H29N7O/c1-21-5-10-25(18-27(21)34-29-31-13-11-26(33-29)24-4-3-12-30-19-24)32-28(37)23-8-6-22(7-9-23)20-36-16-14-35(2)15-17-36/h3-14,16,18-19H,15,17,20H2,1-2H3,(H,32,37)(H,31,33,34). The highest BCUT2D eigenvalue weighted by molar-refractivity contribution is 6.04. The molecule has 0 radical (unpaired) electrons. The summed E-state index contributed by atoms with van der Waals surface area (Å²) < 4.78 is 0. The van der Waals surface area contributed by atoms with Crippen LogP contribution >= 0.6 is 0 Å². The van der Waals surface area contributed by atoms with Crippen molar-refractivity contribution in [1.82, 2.24) is 24.8 Å². The average Bonchev–Trinajstić information content (AvgIpc) is 2.93. The van der Waals surface area contributed by atoms with Crippen LogP contribution < -0.4 is 10.6 Å². The van der Waals surface area contributed by atoms with E-state index in [0.717, 1.165) is 42.1 Å². The lowest BCUT2D eigenvalue weighted by Gasteiger charge is -2.28. The van der Waals surface area contributed by atoms with Crippen molar-refractivity contribution in [1.29, 1.82) is 0 Å². The fraction of sp³-hybridized carbons (Fsp3) is 0.172. The number of hydrogen-bond acceptors (Lipinski definition) is 7. The van der Waals surface area contributed by atoms with Gasteiger partial charge in [0.25, 0.3) is 5.91 Å². The second-order valence-electron chi connectivity index (χ2n) is 9.06. The Kier molecular flexibility index (Phi) is 7.07. The van der Waals surface area contributed by atoms with Crippen LogP contribution in [0.1, 0.15) is 21.5 Å². The van der Waals surface area contributed by atoms with Gasteiger partial charge in [0, 0.05) is 80.2 Å². The summed E-state index contributed by atoms with van der Waals surface area (Å²) in [6.07, 6.45) is 9.40. The molecule has 5 rings (SSSR count). The Hall–Kier alpha value is -4.72. The molecule has 1 aliphatic rings. The van der Waals surface area contributed by atoms with Crippen molar-refractivity contribution in [2.75, 3.05) is 30.8 Å². The van der Waals surface area contributed by atoms with E-state index in [9.17, 15) is 4.79 Å². The van der Waals surface area contributed by atoms with Crippen LogP contribution in [0.3, 0.4) is 0 Å². The Labute approximate surface area is 216 Å². The zero-order chi connectivity index (χ0) is 25.6. The Morgan fingerprint density at radius 3 is 2.62 bits per heavy atom. The van der Waals surface area contributed by atoms with Gasteiger partial charge in [-0.3, -0.25) is 9.78 Å². The van der Waals surface area contributed by atoms with E-state index in [-0.39, 0.29) is 5.91 Å². The van der Waals surface area contributed by atoms with Crippen molar-refractivity contribution in [3.63, 3.8) is 0 Å². The number of hydrogen-bond donors (Lipinski definition) is 2. The molecule has 0 unspecified atom stereocenters. The summed E-state index contributed by atoms with van der Waals surface area (Å²) in [6, 6.07) is 19.2. The molecule has 8 nitrogen and oxygen atoms in total. The number of nitrogens with zero attached hydrogens (tertiary/aromatic N) is 5. The van der Waals surface area contributed by atoms with Crippen LogP contribution in [0.15, 0.2) is 91.7 Å². The molecule has 2 aromatic carbocycles. The fourth-order valence-corrected chi connectivity index (χ4v) is 4.02. The summed E-state index contributed by atoms with van der Waals surface area (Å²) in [5.41, 5.74) is 5.98. The number of carbonyl (C=O) groups excluding carboxylic acids is 1. The van der Waals surface area contributed by atoms with Gasteiger partial charge in [-0.25, -0.2) is 9.97 Å². The Morgan fingerprint density at radius 1 is 1.00 bits per heavy atom. The topological polar surface area (TPSA) is 86.3 Å². The Morgan fingerprint density at radius 2 is 1.86 bits per heavy atom. The van der Waals surface area contributed by atoms with Crippen molar-refractivity contribution >= 4 is 23.2 Å². The number of aromatic nitrogens is 3. The van der Waals surface area contributed by atoms with Crippen LogP contribution in [0.4, 0.5) is 17.3 Å². The minimum absolute atomic E-state index is 0.157. The van der Waals surface area contributed by atoms with Crippen molar-refractivity contribution < 1.29 is 4.79 Å². The zero-order valence-electron chi connectivity index (χ0n) is 20.9. The summed E-state index contributed by atoms with van der Waals surface area (Å²) in [5, 5.41) is 6.28. The van der Waals surface area contributed by atoms with Crippen LogP contribution in [0.25, 0.3) is 11.3 Å². The summed E-state index contributed by atoms with van der Waals surface area (Å²) >= 11 is 0. The third kappa shape index (κ3) is 6.10. The SMILES string of the molecule is Cc1ccc(NC(=O)c2ccc(CN3C=CN(C)CC3)cc2)cc1Nc1nccc(-c2cccnc2)n1. The van der Waals surface area contributed by atoms with E-state index in [0.29, 0.717) is 17.2 Å². The fourth-order valence-electron chi connectivity index (χ4n) is 4.02. The van der Waals surface area contributed by atoms with Gasteiger partial charge in [-0.15, -0.1) is 0 Å². The van der Waals surface area contributed by atoms with Gasteiger partial charge < -0.3 is 20.4 Å². The van der Waals surface area contributed by atoms with Crippen LogP contribution in [-0.4, -0.2) is 50.8 Å². The maximum Gasteiger partial charge on any atom is 0.255 e. The molecule has 37 heavy (non-hydrogen) atoms. The molecule has 0 aliphatic carbocycles. The lowest BCUT2D eigenvalue weighted by Crippen LogP contribution is -2.32. The molecule has 4 aromatic rings. The van der Waals surface area contributed by atoms with Crippen LogP contribution in [0.5, 0.6) is 0 Å². The monoisotopic (exact) mass is 491 g/mol. The largest absolute Gasteiger partial charge is 0.377 e. The maximum atomic E-state index is 12.9. The first-order valence-electron chi connectivity index (χ1n) is 12.2. The first kappa shape index (κ1) is 24.0. The quantitative estimate of drug-likeness (QED) is 0.374. The molecule has 186 valence electrons. The Bertz CT molecular complexity index is 1400. The number of nitrogens with one attached hydrogen (secondary N) is 2. The summed E-state index contributed by atoms with van der Waals surface area (Å²) in [5.74, 6) is 0.314. The minimum Gasteiger partial charge on any atom is -0.377 e.